The lowest BCUT2D eigenvalue weighted by Crippen LogP contribution is -2.38. The van der Waals surface area contributed by atoms with Gasteiger partial charge in [-0.1, -0.05) is 0 Å². The van der Waals surface area contributed by atoms with Gasteiger partial charge in [-0.05, 0) is 27.7 Å². The highest BCUT2D eigenvalue weighted by Crippen LogP contribution is 2.06. The SMILES string of the molecule is Cc1c[nH]c(=O)n(COC(C)(C)C)c1=O. The van der Waals surface area contributed by atoms with E-state index in [0.29, 0.717) is 5.56 Å². The van der Waals surface area contributed by atoms with Crippen LogP contribution in [0.25, 0.3) is 0 Å². The van der Waals surface area contributed by atoms with Crippen LogP contribution >= 0.6 is 0 Å². The number of H-pyrrole nitrogens is 1. The van der Waals surface area contributed by atoms with Gasteiger partial charge in [-0.2, -0.15) is 0 Å². The number of aromatic nitrogens is 2. The third-order valence-electron chi connectivity index (χ3n) is 1.87. The van der Waals surface area contributed by atoms with Crippen LogP contribution in [0.1, 0.15) is 26.3 Å². The summed E-state index contributed by atoms with van der Waals surface area (Å²) >= 11 is 0. The highest BCUT2D eigenvalue weighted by atomic mass is 16.5. The molecule has 1 N–H and O–H groups in total. The second kappa shape index (κ2) is 4.02. The average molecular weight is 212 g/mol. The molecule has 15 heavy (non-hydrogen) atoms. The van der Waals surface area contributed by atoms with Gasteiger partial charge in [-0.25, -0.2) is 9.36 Å². The minimum atomic E-state index is -0.449. The van der Waals surface area contributed by atoms with E-state index in [1.54, 1.807) is 6.92 Å². The smallest absolute Gasteiger partial charge is 0.330 e. The molecule has 0 fully saturated rings. The van der Waals surface area contributed by atoms with E-state index in [-0.39, 0.29) is 17.9 Å². The Labute approximate surface area is 87.7 Å². The number of hydrogen-bond acceptors (Lipinski definition) is 3. The van der Waals surface area contributed by atoms with Crippen molar-refractivity contribution < 1.29 is 4.74 Å². The van der Waals surface area contributed by atoms with Gasteiger partial charge < -0.3 is 9.72 Å². The zero-order valence-electron chi connectivity index (χ0n) is 9.46. The molecule has 0 aliphatic heterocycles. The van der Waals surface area contributed by atoms with Crippen molar-refractivity contribution >= 4 is 0 Å². The summed E-state index contributed by atoms with van der Waals surface area (Å²) < 4.78 is 6.42. The summed E-state index contributed by atoms with van der Waals surface area (Å²) in [5.74, 6) is 0. The van der Waals surface area contributed by atoms with Crippen LogP contribution in [0, 0.1) is 6.92 Å². The van der Waals surface area contributed by atoms with E-state index < -0.39 is 5.69 Å². The van der Waals surface area contributed by atoms with Crippen LogP contribution in [-0.4, -0.2) is 15.2 Å². The maximum atomic E-state index is 11.6. The Morgan fingerprint density at radius 1 is 1.40 bits per heavy atom. The van der Waals surface area contributed by atoms with Gasteiger partial charge in [0.15, 0.2) is 0 Å². The fourth-order valence-electron chi connectivity index (χ4n) is 0.990. The van der Waals surface area contributed by atoms with Crippen LogP contribution in [0.3, 0.4) is 0 Å². The normalized spacial score (nSPS) is 11.7. The zero-order chi connectivity index (χ0) is 11.6. The minimum Gasteiger partial charge on any atom is -0.355 e. The molecule has 0 atom stereocenters. The fourth-order valence-corrected chi connectivity index (χ4v) is 0.990. The lowest BCUT2D eigenvalue weighted by molar-refractivity contribution is -0.0463. The second-order valence-electron chi connectivity index (χ2n) is 4.40. The second-order valence-corrected chi connectivity index (χ2v) is 4.40. The molecule has 0 spiro atoms. The maximum Gasteiger partial charge on any atom is 0.330 e. The largest absolute Gasteiger partial charge is 0.355 e. The van der Waals surface area contributed by atoms with Gasteiger partial charge >= 0.3 is 5.69 Å². The summed E-state index contributed by atoms with van der Waals surface area (Å²) in [6, 6.07) is 0. The lowest BCUT2D eigenvalue weighted by atomic mass is 10.2. The fraction of sp³-hybridized carbons (Fsp3) is 0.600. The van der Waals surface area contributed by atoms with Crippen LogP contribution in [0.15, 0.2) is 15.8 Å². The first-order chi connectivity index (χ1) is 6.81. The van der Waals surface area contributed by atoms with Gasteiger partial charge in [0.1, 0.15) is 6.73 Å². The molecule has 1 rings (SSSR count). The summed E-state index contributed by atoms with van der Waals surface area (Å²) in [5.41, 5.74) is -0.653. The van der Waals surface area contributed by atoms with Gasteiger partial charge in [0, 0.05) is 11.8 Å². The minimum absolute atomic E-state index is 0.0284. The third-order valence-corrected chi connectivity index (χ3v) is 1.87. The predicted molar refractivity (Wildman–Crippen MR) is 56.9 cm³/mol. The van der Waals surface area contributed by atoms with Gasteiger partial charge in [0.2, 0.25) is 0 Å². The number of aromatic amines is 1. The molecule has 0 radical (unpaired) electrons. The number of ether oxygens (including phenoxy) is 1. The van der Waals surface area contributed by atoms with Gasteiger partial charge in [-0.3, -0.25) is 4.79 Å². The Morgan fingerprint density at radius 3 is 2.53 bits per heavy atom. The van der Waals surface area contributed by atoms with Crippen LogP contribution in [0.4, 0.5) is 0 Å². The number of rotatable bonds is 2. The van der Waals surface area contributed by atoms with E-state index in [9.17, 15) is 9.59 Å². The van der Waals surface area contributed by atoms with E-state index in [1.807, 2.05) is 20.8 Å². The Hall–Kier alpha value is -1.36. The highest BCUT2D eigenvalue weighted by Gasteiger charge is 2.12. The molecule has 0 saturated heterocycles. The Kier molecular flexibility index (Phi) is 3.14. The summed E-state index contributed by atoms with van der Waals surface area (Å²) in [7, 11) is 0. The van der Waals surface area contributed by atoms with Crippen molar-refractivity contribution in [2.45, 2.75) is 40.0 Å². The third kappa shape index (κ3) is 3.06. The summed E-state index contributed by atoms with van der Waals surface area (Å²) in [6.07, 6.45) is 1.40. The van der Waals surface area contributed by atoms with Crippen molar-refractivity contribution in [3.8, 4) is 0 Å². The van der Waals surface area contributed by atoms with Crippen LogP contribution in [-0.2, 0) is 11.5 Å². The molecule has 5 heteroatoms. The molecule has 1 heterocycles. The molecular formula is C10H16N2O3. The highest BCUT2D eigenvalue weighted by molar-refractivity contribution is 5.00. The van der Waals surface area contributed by atoms with Crippen molar-refractivity contribution in [3.63, 3.8) is 0 Å². The Balaban J connectivity index is 3.01. The van der Waals surface area contributed by atoms with Gasteiger partial charge in [0.25, 0.3) is 5.56 Å². The average Bonchev–Trinajstić information content (AvgIpc) is 2.10. The number of hydrogen-bond donors (Lipinski definition) is 1. The van der Waals surface area contributed by atoms with Gasteiger partial charge in [0.05, 0.1) is 5.60 Å². The van der Waals surface area contributed by atoms with Crippen LogP contribution in [0.5, 0.6) is 0 Å². The first kappa shape index (κ1) is 11.7. The quantitative estimate of drug-likeness (QED) is 0.781. The molecule has 1 aromatic rings. The number of nitrogens with zero attached hydrogens (tertiary/aromatic N) is 1. The van der Waals surface area contributed by atoms with Crippen molar-refractivity contribution in [3.05, 3.63) is 32.6 Å². The molecular weight excluding hydrogens is 196 g/mol. The van der Waals surface area contributed by atoms with Crippen molar-refractivity contribution in [2.24, 2.45) is 0 Å². The molecule has 0 unspecified atom stereocenters. The lowest BCUT2D eigenvalue weighted by Gasteiger charge is -2.19. The van der Waals surface area contributed by atoms with E-state index >= 15 is 0 Å². The van der Waals surface area contributed by atoms with Crippen molar-refractivity contribution in [1.82, 2.24) is 9.55 Å². The van der Waals surface area contributed by atoms with E-state index in [0.717, 1.165) is 4.57 Å². The zero-order valence-corrected chi connectivity index (χ0v) is 9.46. The molecule has 0 saturated carbocycles. The first-order valence-electron chi connectivity index (χ1n) is 4.74. The summed E-state index contributed by atoms with van der Waals surface area (Å²) in [6.45, 7) is 7.21. The molecule has 0 amide bonds. The summed E-state index contributed by atoms with van der Waals surface area (Å²) in [5, 5.41) is 0. The molecule has 0 aromatic carbocycles. The molecule has 5 nitrogen and oxygen atoms in total. The summed E-state index contributed by atoms with van der Waals surface area (Å²) in [4.78, 5) is 25.4. The van der Waals surface area contributed by atoms with E-state index in [2.05, 4.69) is 4.98 Å². The molecule has 0 aliphatic carbocycles. The molecule has 84 valence electrons. The molecule has 0 bridgehead atoms. The maximum absolute atomic E-state index is 11.6. The van der Waals surface area contributed by atoms with Gasteiger partial charge in [-0.15, -0.1) is 0 Å². The Bertz CT molecular complexity index is 451. The standard InChI is InChI=1S/C10H16N2O3/c1-7-5-11-9(14)12(8(7)13)6-15-10(2,3)4/h5H,6H2,1-4H3,(H,11,14). The molecule has 1 aromatic heterocycles. The predicted octanol–water partition coefficient (Wildman–Crippen LogP) is 0.618. The topological polar surface area (TPSA) is 64.1 Å². The molecule has 0 aliphatic rings. The first-order valence-corrected chi connectivity index (χ1v) is 4.74. The number of aryl methyl sites for hydroxylation is 1. The Morgan fingerprint density at radius 2 is 2.00 bits per heavy atom. The van der Waals surface area contributed by atoms with Crippen molar-refractivity contribution in [2.75, 3.05) is 0 Å². The van der Waals surface area contributed by atoms with Crippen LogP contribution in [0.2, 0.25) is 0 Å². The van der Waals surface area contributed by atoms with E-state index in [1.165, 1.54) is 6.20 Å². The van der Waals surface area contributed by atoms with E-state index in [4.69, 9.17) is 4.74 Å². The van der Waals surface area contributed by atoms with Crippen LogP contribution < -0.4 is 11.2 Å². The number of nitrogens with one attached hydrogen (secondary N) is 1. The van der Waals surface area contributed by atoms with Crippen molar-refractivity contribution in [1.29, 1.82) is 0 Å². The monoisotopic (exact) mass is 212 g/mol.